The molecule has 0 aliphatic heterocycles. The number of carbonyl (C=O) groups excluding carboxylic acids is 2. The van der Waals surface area contributed by atoms with Crippen molar-refractivity contribution < 1.29 is 38.0 Å². The van der Waals surface area contributed by atoms with Crippen molar-refractivity contribution in [2.24, 2.45) is 0 Å². The van der Waals surface area contributed by atoms with Crippen LogP contribution in [0.3, 0.4) is 0 Å². The second-order valence-electron chi connectivity index (χ2n) is 14.0. The van der Waals surface area contributed by atoms with Crippen LogP contribution in [0.15, 0.2) is 146 Å². The molecule has 0 saturated carbocycles. The first-order valence-electron chi connectivity index (χ1n) is 20.3. The van der Waals surface area contributed by atoms with Crippen molar-refractivity contribution in [2.45, 2.75) is 57.8 Å². The summed E-state index contributed by atoms with van der Waals surface area (Å²) in [6.07, 6.45) is 7.15. The third kappa shape index (κ3) is 17.6. The van der Waals surface area contributed by atoms with Crippen LogP contribution in [0, 0.1) is 0 Å². The highest BCUT2D eigenvalue weighted by molar-refractivity contribution is 5.73. The average Bonchev–Trinajstić information content (AvgIpc) is 3.26. The number of rotatable bonds is 21. The molecule has 61 heavy (non-hydrogen) atoms. The molecule has 0 spiro atoms. The maximum absolute atomic E-state index is 11.8. The SMILES string of the molecule is Nc1ccc(OC(=O)CCCCCCCCC(=O)Oc2ccc(N)cc2)cc1.Nc1ccc(Oc2ccc(OCCCOc3ccc(Oc4ccc(N)cc4)cc3)cc2)cc1. The Morgan fingerprint density at radius 2 is 0.557 bits per heavy atom. The van der Waals surface area contributed by atoms with Gasteiger partial charge in [-0.1, -0.05) is 25.7 Å². The fraction of sp³-hybridized carbons (Fsp3) is 0.224. The third-order valence-electron chi connectivity index (χ3n) is 8.94. The number of benzene rings is 6. The van der Waals surface area contributed by atoms with Gasteiger partial charge in [-0.2, -0.15) is 0 Å². The van der Waals surface area contributed by atoms with E-state index >= 15 is 0 Å². The lowest BCUT2D eigenvalue weighted by molar-refractivity contribution is -0.135. The molecular weight excluding hydrogens is 773 g/mol. The van der Waals surface area contributed by atoms with Crippen LogP contribution < -0.4 is 51.4 Å². The van der Waals surface area contributed by atoms with Crippen LogP contribution >= 0.6 is 0 Å². The van der Waals surface area contributed by atoms with E-state index < -0.39 is 0 Å². The molecule has 6 rings (SSSR count). The Bertz CT molecular complexity index is 2020. The first-order chi connectivity index (χ1) is 29.7. The summed E-state index contributed by atoms with van der Waals surface area (Å²) in [5, 5.41) is 0. The van der Waals surface area contributed by atoms with Gasteiger partial charge < -0.3 is 51.4 Å². The van der Waals surface area contributed by atoms with E-state index in [1.807, 2.05) is 72.8 Å². The van der Waals surface area contributed by atoms with Crippen molar-refractivity contribution in [2.75, 3.05) is 36.1 Å². The van der Waals surface area contributed by atoms with Crippen molar-refractivity contribution in [3.8, 4) is 46.0 Å². The molecule has 12 heteroatoms. The molecule has 0 saturated heterocycles. The first kappa shape index (κ1) is 44.8. The summed E-state index contributed by atoms with van der Waals surface area (Å²) in [7, 11) is 0. The quantitative estimate of drug-likeness (QED) is 0.0232. The van der Waals surface area contributed by atoms with Gasteiger partial charge in [-0.25, -0.2) is 0 Å². The van der Waals surface area contributed by atoms with Gasteiger partial charge in [0.05, 0.1) is 13.2 Å². The lowest BCUT2D eigenvalue weighted by atomic mass is 10.1. The van der Waals surface area contributed by atoms with Gasteiger partial charge in [-0.15, -0.1) is 0 Å². The minimum absolute atomic E-state index is 0.227. The van der Waals surface area contributed by atoms with Crippen LogP contribution in [-0.2, 0) is 9.59 Å². The number of carbonyl (C=O) groups is 2. The molecule has 0 atom stereocenters. The molecule has 6 aromatic carbocycles. The summed E-state index contributed by atoms with van der Waals surface area (Å²) in [4.78, 5) is 23.5. The predicted molar refractivity (Wildman–Crippen MR) is 240 cm³/mol. The topological polar surface area (TPSA) is 194 Å². The number of esters is 2. The number of unbranched alkanes of at least 4 members (excludes halogenated alkanes) is 5. The van der Waals surface area contributed by atoms with Gasteiger partial charge in [0.1, 0.15) is 46.0 Å². The number of hydrogen-bond acceptors (Lipinski definition) is 12. The molecule has 8 N–H and O–H groups in total. The van der Waals surface area contributed by atoms with Gasteiger partial charge in [-0.05, 0) is 158 Å². The van der Waals surface area contributed by atoms with Gasteiger partial charge in [-0.3, -0.25) is 9.59 Å². The smallest absolute Gasteiger partial charge is 0.311 e. The van der Waals surface area contributed by atoms with Crippen LogP contribution in [0.1, 0.15) is 57.8 Å². The monoisotopic (exact) mass is 826 g/mol. The van der Waals surface area contributed by atoms with E-state index in [0.717, 1.165) is 79.4 Å². The molecule has 6 aromatic rings. The summed E-state index contributed by atoms with van der Waals surface area (Å²) < 4.78 is 33.6. The van der Waals surface area contributed by atoms with E-state index in [4.69, 9.17) is 51.4 Å². The van der Waals surface area contributed by atoms with Crippen molar-refractivity contribution in [3.63, 3.8) is 0 Å². The van der Waals surface area contributed by atoms with Gasteiger partial charge in [0.15, 0.2) is 0 Å². The number of nitrogen functional groups attached to an aromatic ring is 4. The number of hydrogen-bond donors (Lipinski definition) is 4. The highest BCUT2D eigenvalue weighted by Gasteiger charge is 2.07. The van der Waals surface area contributed by atoms with Gasteiger partial charge >= 0.3 is 11.9 Å². The zero-order chi connectivity index (χ0) is 43.1. The van der Waals surface area contributed by atoms with Crippen molar-refractivity contribution in [1.82, 2.24) is 0 Å². The Morgan fingerprint density at radius 3 is 0.869 bits per heavy atom. The minimum atomic E-state index is -0.227. The Hall–Kier alpha value is -7.34. The molecule has 0 heterocycles. The van der Waals surface area contributed by atoms with Crippen LogP contribution in [0.4, 0.5) is 22.7 Å². The Kier molecular flexibility index (Phi) is 18.0. The maximum Gasteiger partial charge on any atom is 0.311 e. The number of nitrogens with two attached hydrogens (primary N) is 4. The summed E-state index contributed by atoms with van der Waals surface area (Å²) in [6.45, 7) is 1.10. The predicted octanol–water partition coefficient (Wildman–Crippen LogP) is 10.8. The summed E-state index contributed by atoms with van der Waals surface area (Å²) >= 11 is 0. The Labute approximate surface area is 357 Å². The molecule has 0 aliphatic rings. The Morgan fingerprint density at radius 1 is 0.311 bits per heavy atom. The molecule has 0 aliphatic carbocycles. The van der Waals surface area contributed by atoms with E-state index in [0.29, 0.717) is 60.3 Å². The molecule has 12 nitrogen and oxygen atoms in total. The van der Waals surface area contributed by atoms with Crippen molar-refractivity contribution in [3.05, 3.63) is 146 Å². The normalized spacial score (nSPS) is 10.4. The van der Waals surface area contributed by atoms with Crippen LogP contribution in [0.2, 0.25) is 0 Å². The minimum Gasteiger partial charge on any atom is -0.493 e. The number of ether oxygens (including phenoxy) is 6. The molecular formula is C49H54N4O8. The first-order valence-corrected chi connectivity index (χ1v) is 20.3. The Balaban J connectivity index is 0.000000234. The third-order valence-corrected chi connectivity index (χ3v) is 8.94. The highest BCUT2D eigenvalue weighted by Crippen LogP contribution is 2.26. The van der Waals surface area contributed by atoms with Gasteiger partial charge in [0.25, 0.3) is 0 Å². The molecule has 318 valence electrons. The van der Waals surface area contributed by atoms with Crippen LogP contribution in [-0.4, -0.2) is 25.2 Å². The second kappa shape index (κ2) is 24.6. The van der Waals surface area contributed by atoms with E-state index in [9.17, 15) is 9.59 Å². The fourth-order valence-corrected chi connectivity index (χ4v) is 5.67. The zero-order valence-electron chi connectivity index (χ0n) is 34.2. The highest BCUT2D eigenvalue weighted by atomic mass is 16.5. The van der Waals surface area contributed by atoms with Crippen molar-refractivity contribution in [1.29, 1.82) is 0 Å². The molecule has 0 unspecified atom stereocenters. The maximum atomic E-state index is 11.8. The molecule has 0 aromatic heterocycles. The van der Waals surface area contributed by atoms with E-state index in [2.05, 4.69) is 0 Å². The van der Waals surface area contributed by atoms with E-state index in [1.165, 1.54) is 0 Å². The molecule has 0 bridgehead atoms. The van der Waals surface area contributed by atoms with Gasteiger partial charge in [0, 0.05) is 42.0 Å². The fourth-order valence-electron chi connectivity index (χ4n) is 5.67. The van der Waals surface area contributed by atoms with E-state index in [1.54, 1.807) is 72.8 Å². The second-order valence-corrected chi connectivity index (χ2v) is 14.0. The van der Waals surface area contributed by atoms with Crippen LogP contribution in [0.5, 0.6) is 46.0 Å². The van der Waals surface area contributed by atoms with Crippen molar-refractivity contribution >= 4 is 34.7 Å². The summed E-state index contributed by atoms with van der Waals surface area (Å²) in [5.74, 6) is 5.09. The average molecular weight is 827 g/mol. The molecule has 0 fully saturated rings. The lowest BCUT2D eigenvalue weighted by Crippen LogP contribution is -2.07. The molecule has 0 radical (unpaired) electrons. The summed E-state index contributed by atoms with van der Waals surface area (Å²) in [5.41, 5.74) is 25.2. The van der Waals surface area contributed by atoms with E-state index in [-0.39, 0.29) is 11.9 Å². The van der Waals surface area contributed by atoms with Crippen LogP contribution in [0.25, 0.3) is 0 Å². The molecule has 0 amide bonds. The largest absolute Gasteiger partial charge is 0.493 e. The standard InChI is InChI=1S/C27H26N2O4.C22H28N2O4/c28-20-2-6-24(7-3-20)32-26-14-10-22(11-15-26)30-18-1-19-31-23-12-16-27(17-13-23)33-25-8-4-21(29)5-9-25;23-17-9-13-19(14-10-17)27-21(25)7-5-3-1-2-4-6-8-22(26)28-20-15-11-18(24)12-16-20/h2-17H,1,18-19,28-29H2;9-16H,1-8,23-24H2. The zero-order valence-corrected chi connectivity index (χ0v) is 34.2. The number of anilines is 4. The summed E-state index contributed by atoms with van der Waals surface area (Å²) in [6, 6.07) is 43.1. The van der Waals surface area contributed by atoms with Gasteiger partial charge in [0.2, 0.25) is 0 Å². The lowest BCUT2D eigenvalue weighted by Gasteiger charge is -2.10.